The summed E-state index contributed by atoms with van der Waals surface area (Å²) in [7, 11) is 0. The molecule has 2 N–H and O–H groups in total. The van der Waals surface area contributed by atoms with Gasteiger partial charge in [0, 0.05) is 31.7 Å². The summed E-state index contributed by atoms with van der Waals surface area (Å²) in [4.78, 5) is 26.6. The van der Waals surface area contributed by atoms with Crippen LogP contribution in [0.25, 0.3) is 0 Å². The Balaban J connectivity index is 2.60. The molecule has 0 aromatic carbocycles. The second kappa shape index (κ2) is 9.13. The maximum atomic E-state index is 12.5. The molecule has 1 fully saturated rings. The van der Waals surface area contributed by atoms with Gasteiger partial charge < -0.3 is 15.3 Å². The van der Waals surface area contributed by atoms with Crippen molar-refractivity contribution in [2.75, 3.05) is 19.7 Å². The lowest BCUT2D eigenvalue weighted by atomic mass is 9.94. The highest BCUT2D eigenvalue weighted by Gasteiger charge is 2.31. The van der Waals surface area contributed by atoms with E-state index < -0.39 is 0 Å². The molecule has 1 saturated heterocycles. The first kappa shape index (κ1) is 18.9. The molecule has 5 heteroatoms. The van der Waals surface area contributed by atoms with Crippen LogP contribution < -0.4 is 5.32 Å². The minimum Gasteiger partial charge on any atom is -0.396 e. The van der Waals surface area contributed by atoms with Gasteiger partial charge >= 0.3 is 0 Å². The summed E-state index contributed by atoms with van der Waals surface area (Å²) < 4.78 is 0. The number of piperidine rings is 1. The molecule has 128 valence electrons. The largest absolute Gasteiger partial charge is 0.396 e. The highest BCUT2D eigenvalue weighted by molar-refractivity contribution is 5.82. The minimum atomic E-state index is -0.123. The fraction of sp³-hybridized carbons (Fsp3) is 0.882. The smallest absolute Gasteiger partial charge is 0.225 e. The van der Waals surface area contributed by atoms with Crippen LogP contribution in [0.3, 0.4) is 0 Å². The summed E-state index contributed by atoms with van der Waals surface area (Å²) in [6.07, 6.45) is 3.12. The van der Waals surface area contributed by atoms with E-state index in [0.717, 1.165) is 25.8 Å². The van der Waals surface area contributed by atoms with E-state index in [-0.39, 0.29) is 42.2 Å². The number of hydrogen-bond acceptors (Lipinski definition) is 3. The lowest BCUT2D eigenvalue weighted by molar-refractivity contribution is -0.139. The van der Waals surface area contributed by atoms with Gasteiger partial charge in [-0.1, -0.05) is 27.7 Å². The predicted molar refractivity (Wildman–Crippen MR) is 87.2 cm³/mol. The van der Waals surface area contributed by atoms with E-state index in [1.807, 2.05) is 32.6 Å². The number of hydrogen-bond donors (Lipinski definition) is 2. The topological polar surface area (TPSA) is 69.6 Å². The van der Waals surface area contributed by atoms with E-state index in [2.05, 4.69) is 5.32 Å². The minimum absolute atomic E-state index is 0.00172. The van der Waals surface area contributed by atoms with Crippen LogP contribution in [0.2, 0.25) is 0 Å². The van der Waals surface area contributed by atoms with Crippen LogP contribution in [0.4, 0.5) is 0 Å². The lowest BCUT2D eigenvalue weighted by Crippen LogP contribution is -2.49. The molecule has 5 nitrogen and oxygen atoms in total. The number of nitrogens with one attached hydrogen (secondary N) is 1. The van der Waals surface area contributed by atoms with E-state index in [1.165, 1.54) is 0 Å². The van der Waals surface area contributed by atoms with Crippen molar-refractivity contribution in [2.45, 2.75) is 59.4 Å². The van der Waals surface area contributed by atoms with Crippen molar-refractivity contribution in [3.8, 4) is 0 Å². The quantitative estimate of drug-likeness (QED) is 0.753. The summed E-state index contributed by atoms with van der Waals surface area (Å²) in [5.74, 6) is 0.378. The Kier molecular flexibility index (Phi) is 7.87. The molecule has 1 aliphatic heterocycles. The predicted octanol–water partition coefficient (Wildman–Crippen LogP) is 1.79. The third-order valence-electron chi connectivity index (χ3n) is 4.71. The molecule has 0 bridgehead atoms. The average molecular weight is 312 g/mol. The maximum absolute atomic E-state index is 12.5. The number of amides is 2. The van der Waals surface area contributed by atoms with Crippen LogP contribution in [0.1, 0.15) is 53.4 Å². The van der Waals surface area contributed by atoms with Gasteiger partial charge in [0.15, 0.2) is 0 Å². The molecule has 1 aliphatic rings. The van der Waals surface area contributed by atoms with Crippen LogP contribution in [0.5, 0.6) is 0 Å². The van der Waals surface area contributed by atoms with Gasteiger partial charge in [-0.25, -0.2) is 0 Å². The Morgan fingerprint density at radius 2 is 2.00 bits per heavy atom. The van der Waals surface area contributed by atoms with Crippen molar-refractivity contribution < 1.29 is 14.7 Å². The first-order chi connectivity index (χ1) is 10.4. The fourth-order valence-corrected chi connectivity index (χ4v) is 2.89. The molecule has 3 atom stereocenters. The summed E-state index contributed by atoms with van der Waals surface area (Å²) in [5.41, 5.74) is 0. The third kappa shape index (κ3) is 5.27. The average Bonchev–Trinajstić information content (AvgIpc) is 2.52. The molecule has 0 aliphatic carbocycles. The van der Waals surface area contributed by atoms with Crippen LogP contribution in [0.15, 0.2) is 0 Å². The fourth-order valence-electron chi connectivity index (χ4n) is 2.89. The molecule has 0 aromatic heterocycles. The van der Waals surface area contributed by atoms with Gasteiger partial charge in [0.1, 0.15) is 0 Å². The van der Waals surface area contributed by atoms with Crippen molar-refractivity contribution in [2.24, 2.45) is 17.8 Å². The Morgan fingerprint density at radius 3 is 2.55 bits per heavy atom. The molecule has 0 spiro atoms. The Hall–Kier alpha value is -1.10. The summed E-state index contributed by atoms with van der Waals surface area (Å²) >= 11 is 0. The molecule has 22 heavy (non-hydrogen) atoms. The van der Waals surface area contributed by atoms with Gasteiger partial charge in [-0.15, -0.1) is 0 Å². The van der Waals surface area contributed by atoms with Crippen molar-refractivity contribution in [1.82, 2.24) is 10.2 Å². The van der Waals surface area contributed by atoms with Crippen LogP contribution >= 0.6 is 0 Å². The maximum Gasteiger partial charge on any atom is 0.225 e. The molecule has 0 radical (unpaired) electrons. The lowest BCUT2D eigenvalue weighted by Gasteiger charge is -2.34. The number of likely N-dealkylation sites (tertiary alicyclic amines) is 1. The van der Waals surface area contributed by atoms with Crippen LogP contribution in [-0.4, -0.2) is 47.6 Å². The second-order valence-electron chi connectivity index (χ2n) is 6.80. The number of nitrogens with zero attached hydrogens (tertiary/aromatic N) is 1. The molecule has 0 saturated carbocycles. The Bertz CT molecular complexity index is 371. The van der Waals surface area contributed by atoms with Gasteiger partial charge in [0.2, 0.25) is 11.8 Å². The van der Waals surface area contributed by atoms with Crippen molar-refractivity contribution in [3.63, 3.8) is 0 Å². The highest BCUT2D eigenvalue weighted by Crippen LogP contribution is 2.20. The van der Waals surface area contributed by atoms with Gasteiger partial charge in [-0.05, 0) is 31.6 Å². The summed E-state index contributed by atoms with van der Waals surface area (Å²) in [6, 6.07) is -0.00172. The van der Waals surface area contributed by atoms with Gasteiger partial charge in [-0.3, -0.25) is 9.59 Å². The molecule has 0 aromatic rings. The van der Waals surface area contributed by atoms with E-state index in [4.69, 9.17) is 5.11 Å². The van der Waals surface area contributed by atoms with Crippen molar-refractivity contribution in [3.05, 3.63) is 0 Å². The molecule has 1 rings (SSSR count). The van der Waals surface area contributed by atoms with Gasteiger partial charge in [0.05, 0.1) is 5.92 Å². The van der Waals surface area contributed by atoms with E-state index >= 15 is 0 Å². The number of aliphatic hydroxyl groups excluding tert-OH is 1. The Morgan fingerprint density at radius 1 is 1.32 bits per heavy atom. The number of carbonyl (C=O) groups is 2. The van der Waals surface area contributed by atoms with Crippen molar-refractivity contribution in [1.29, 1.82) is 0 Å². The number of aliphatic hydroxyl groups is 1. The third-order valence-corrected chi connectivity index (χ3v) is 4.71. The zero-order chi connectivity index (χ0) is 16.7. The first-order valence-corrected chi connectivity index (χ1v) is 8.60. The molecular weight excluding hydrogens is 280 g/mol. The Labute approximate surface area is 134 Å². The SMILES string of the molecule is CCC(C)C(=O)N1CCCC(C(=O)NC(CCO)C(C)C)C1. The highest BCUT2D eigenvalue weighted by atomic mass is 16.3. The van der Waals surface area contributed by atoms with Crippen LogP contribution in [-0.2, 0) is 9.59 Å². The zero-order valence-electron chi connectivity index (χ0n) is 14.5. The molecule has 3 unspecified atom stereocenters. The summed E-state index contributed by atoms with van der Waals surface area (Å²) in [6.45, 7) is 9.41. The molecule has 1 heterocycles. The van der Waals surface area contributed by atoms with E-state index in [9.17, 15) is 9.59 Å². The van der Waals surface area contributed by atoms with E-state index in [0.29, 0.717) is 13.0 Å². The zero-order valence-corrected chi connectivity index (χ0v) is 14.5. The second-order valence-corrected chi connectivity index (χ2v) is 6.80. The van der Waals surface area contributed by atoms with Gasteiger partial charge in [-0.2, -0.15) is 0 Å². The van der Waals surface area contributed by atoms with Crippen molar-refractivity contribution >= 4 is 11.8 Å². The first-order valence-electron chi connectivity index (χ1n) is 8.60. The standard InChI is InChI=1S/C17H32N2O3/c1-5-13(4)17(22)19-9-6-7-14(11-19)16(21)18-15(8-10-20)12(2)3/h12-15,20H,5-11H2,1-4H3,(H,18,21). The monoisotopic (exact) mass is 312 g/mol. The normalized spacial score (nSPS) is 21.5. The van der Waals surface area contributed by atoms with Crippen LogP contribution in [0, 0.1) is 17.8 Å². The number of rotatable bonds is 7. The molecular formula is C17H32N2O3. The van der Waals surface area contributed by atoms with E-state index in [1.54, 1.807) is 0 Å². The number of carbonyl (C=O) groups excluding carboxylic acids is 2. The van der Waals surface area contributed by atoms with Gasteiger partial charge in [0.25, 0.3) is 0 Å². The molecule has 2 amide bonds. The summed E-state index contributed by atoms with van der Waals surface area (Å²) in [5, 5.41) is 12.2.